The Morgan fingerprint density at radius 1 is 0.896 bits per heavy atom. The normalized spacial score (nSPS) is 32.5. The summed E-state index contributed by atoms with van der Waals surface area (Å²) in [6.07, 6.45) is 19.8. The van der Waals surface area contributed by atoms with Crippen molar-refractivity contribution in [3.63, 3.8) is 0 Å². The van der Waals surface area contributed by atoms with Crippen LogP contribution in [0.5, 0.6) is 5.75 Å². The minimum Gasteiger partial charge on any atom is -0.491 e. The highest BCUT2D eigenvalue weighted by atomic mass is 127. The average molecular weight is 999 g/mol. The summed E-state index contributed by atoms with van der Waals surface area (Å²) in [6.45, 7) is 15.2. The maximum atomic E-state index is 12.6. The van der Waals surface area contributed by atoms with E-state index in [9.17, 15) is 4.79 Å². The van der Waals surface area contributed by atoms with Crippen LogP contribution in [0, 0.1) is 57.0 Å². The van der Waals surface area contributed by atoms with E-state index in [1.807, 2.05) is 6.92 Å². The van der Waals surface area contributed by atoms with Crippen molar-refractivity contribution < 1.29 is 19.0 Å². The number of hydrogen-bond acceptors (Lipinski definition) is 4. The van der Waals surface area contributed by atoms with Gasteiger partial charge in [-0.1, -0.05) is 65.5 Å². The van der Waals surface area contributed by atoms with E-state index in [4.69, 9.17) is 14.2 Å². The van der Waals surface area contributed by atoms with Gasteiger partial charge >= 0.3 is 5.97 Å². The Morgan fingerprint density at radius 2 is 1.65 bits per heavy atom. The van der Waals surface area contributed by atoms with Gasteiger partial charge in [-0.25, -0.2) is 0 Å². The second kappa shape index (κ2) is 17.5. The molecular weight excluding hydrogens is 937 g/mol. The molecule has 5 rings (SSSR count). The molecule has 0 heterocycles. The molecule has 0 aliphatic heterocycles. The van der Waals surface area contributed by atoms with E-state index in [-0.39, 0.29) is 12.1 Å². The van der Waals surface area contributed by atoms with Crippen LogP contribution in [0.1, 0.15) is 138 Å². The third-order valence-corrected chi connectivity index (χ3v) is 15.4. The Bertz CT molecular complexity index is 1260. The van der Waals surface area contributed by atoms with E-state index in [2.05, 4.69) is 121 Å². The number of carbonyl (C=O) groups is 1. The topological polar surface area (TPSA) is 44.8 Å². The quantitative estimate of drug-likeness (QED) is 0.0577. The molecule has 270 valence electrons. The van der Waals surface area contributed by atoms with Crippen LogP contribution >= 0.6 is 67.8 Å². The van der Waals surface area contributed by atoms with Crippen LogP contribution in [-0.4, -0.2) is 25.0 Å². The van der Waals surface area contributed by atoms with Gasteiger partial charge in [-0.05, 0) is 204 Å². The molecule has 4 unspecified atom stereocenters. The molecule has 48 heavy (non-hydrogen) atoms. The molecule has 1 aromatic carbocycles. The SMILES string of the molecule is CC(C)CCC[C@@H](C)[C@H]1CCC2C3CC=C4C[C@@H](OC(C)OC(=O)CCCCCOc5c(I)cc(I)cc5I)CC[C@]4(C)C3CC[C@@]21C. The molecule has 4 nitrogen and oxygen atoms in total. The van der Waals surface area contributed by atoms with Crippen LogP contribution < -0.4 is 4.74 Å². The number of fused-ring (bicyclic) bond motifs is 5. The monoisotopic (exact) mass is 998 g/mol. The van der Waals surface area contributed by atoms with Crippen LogP contribution in [0.15, 0.2) is 23.8 Å². The summed E-state index contributed by atoms with van der Waals surface area (Å²) in [4.78, 5) is 12.6. The fourth-order valence-corrected chi connectivity index (χ4v) is 14.6. The van der Waals surface area contributed by atoms with Gasteiger partial charge in [0.15, 0.2) is 6.29 Å². The molecule has 0 saturated heterocycles. The lowest BCUT2D eigenvalue weighted by atomic mass is 9.47. The third kappa shape index (κ3) is 9.29. The van der Waals surface area contributed by atoms with Crippen molar-refractivity contribution in [3.05, 3.63) is 34.5 Å². The first-order chi connectivity index (χ1) is 22.8. The Balaban J connectivity index is 1.04. The van der Waals surface area contributed by atoms with Gasteiger partial charge < -0.3 is 14.2 Å². The fourth-order valence-electron chi connectivity index (χ4n) is 10.7. The van der Waals surface area contributed by atoms with E-state index in [1.165, 1.54) is 61.4 Å². The molecule has 3 fully saturated rings. The van der Waals surface area contributed by atoms with Crippen molar-refractivity contribution in [1.29, 1.82) is 0 Å². The van der Waals surface area contributed by atoms with E-state index < -0.39 is 6.29 Å². The zero-order chi connectivity index (χ0) is 34.6. The van der Waals surface area contributed by atoms with E-state index in [0.717, 1.165) is 80.5 Å². The van der Waals surface area contributed by atoms with Gasteiger partial charge in [0.05, 0.1) is 19.9 Å². The summed E-state index contributed by atoms with van der Waals surface area (Å²) in [5, 5.41) is 0. The summed E-state index contributed by atoms with van der Waals surface area (Å²) >= 11 is 7.01. The minimum atomic E-state index is -0.495. The van der Waals surface area contributed by atoms with Crippen molar-refractivity contribution in [3.8, 4) is 5.75 Å². The molecule has 0 aromatic heterocycles. The zero-order valence-corrected chi connectivity index (χ0v) is 36.9. The summed E-state index contributed by atoms with van der Waals surface area (Å²) in [6, 6.07) is 4.27. The van der Waals surface area contributed by atoms with Gasteiger partial charge in [0.25, 0.3) is 0 Å². The molecular formula is C41H61I3O4. The van der Waals surface area contributed by atoms with Crippen LogP contribution in [0.4, 0.5) is 0 Å². The van der Waals surface area contributed by atoms with Crippen molar-refractivity contribution in [2.24, 2.45) is 46.3 Å². The van der Waals surface area contributed by atoms with Gasteiger partial charge in [0, 0.05) is 9.99 Å². The predicted molar refractivity (Wildman–Crippen MR) is 222 cm³/mol. The van der Waals surface area contributed by atoms with E-state index in [1.54, 1.807) is 5.57 Å². The Morgan fingerprint density at radius 3 is 2.38 bits per heavy atom. The van der Waals surface area contributed by atoms with Crippen molar-refractivity contribution in [1.82, 2.24) is 0 Å². The van der Waals surface area contributed by atoms with Gasteiger partial charge in [0.1, 0.15) is 5.75 Å². The maximum Gasteiger partial charge on any atom is 0.308 e. The molecule has 1 aromatic rings. The first-order valence-corrected chi connectivity index (χ1v) is 22.4. The van der Waals surface area contributed by atoms with Gasteiger partial charge in [-0.15, -0.1) is 0 Å². The lowest BCUT2D eigenvalue weighted by molar-refractivity contribution is -0.188. The lowest BCUT2D eigenvalue weighted by Gasteiger charge is -2.58. The third-order valence-electron chi connectivity index (χ3n) is 13.2. The number of halogens is 3. The second-order valence-corrected chi connectivity index (χ2v) is 20.3. The van der Waals surface area contributed by atoms with E-state index in [0.29, 0.717) is 23.9 Å². The average Bonchev–Trinajstić information content (AvgIpc) is 3.37. The molecule has 0 N–H and O–H groups in total. The maximum absolute atomic E-state index is 12.6. The Labute approximate surface area is 333 Å². The molecule has 0 amide bonds. The molecule has 7 heteroatoms. The van der Waals surface area contributed by atoms with Crippen molar-refractivity contribution >= 4 is 73.7 Å². The molecule has 9 atom stereocenters. The van der Waals surface area contributed by atoms with Crippen LogP contribution in [-0.2, 0) is 14.3 Å². The van der Waals surface area contributed by atoms with Crippen molar-refractivity contribution in [2.75, 3.05) is 6.61 Å². The second-order valence-electron chi connectivity index (χ2n) is 16.7. The van der Waals surface area contributed by atoms with Crippen LogP contribution in [0.25, 0.3) is 0 Å². The summed E-state index contributed by atoms with van der Waals surface area (Å²) in [7, 11) is 0. The number of carbonyl (C=O) groups excluding carboxylic acids is 1. The fraction of sp³-hybridized carbons (Fsp3) is 0.780. The van der Waals surface area contributed by atoms with Crippen LogP contribution in [0.3, 0.4) is 0 Å². The summed E-state index contributed by atoms with van der Waals surface area (Å²) in [5.74, 6) is 5.97. The number of esters is 1. The van der Waals surface area contributed by atoms with Gasteiger partial charge in [-0.3, -0.25) is 4.79 Å². The molecule has 4 aliphatic rings. The number of allylic oxidation sites excluding steroid dienone is 1. The number of benzene rings is 1. The summed E-state index contributed by atoms with van der Waals surface area (Å²) < 4.78 is 21.7. The number of hydrogen-bond donors (Lipinski definition) is 0. The smallest absolute Gasteiger partial charge is 0.308 e. The van der Waals surface area contributed by atoms with Gasteiger partial charge in [0.2, 0.25) is 0 Å². The number of rotatable bonds is 15. The highest BCUT2D eigenvalue weighted by molar-refractivity contribution is 14.1. The van der Waals surface area contributed by atoms with Gasteiger partial charge in [-0.2, -0.15) is 0 Å². The first-order valence-electron chi connectivity index (χ1n) is 19.1. The Hall–Kier alpha value is 0.380. The highest BCUT2D eigenvalue weighted by Crippen LogP contribution is 2.67. The predicted octanol–water partition coefficient (Wildman–Crippen LogP) is 12.8. The number of unbranched alkanes of at least 4 members (excludes halogenated alkanes) is 2. The lowest BCUT2D eigenvalue weighted by Crippen LogP contribution is -2.51. The number of ether oxygens (including phenoxy) is 3. The molecule has 3 saturated carbocycles. The van der Waals surface area contributed by atoms with Crippen LogP contribution in [0.2, 0.25) is 0 Å². The molecule has 0 radical (unpaired) electrons. The minimum absolute atomic E-state index is 0.143. The molecule has 0 bridgehead atoms. The van der Waals surface area contributed by atoms with E-state index >= 15 is 0 Å². The molecule has 4 aliphatic carbocycles. The molecule has 0 spiro atoms. The largest absolute Gasteiger partial charge is 0.491 e. The standard InChI is InChI=1S/C41H61I3O4/c1-26(2)11-10-12-27(3)33-16-17-34-32-15-14-29-23-31(18-20-40(29,5)35(32)19-21-41(33,34)6)47-28(4)48-38(45)13-8-7-9-22-46-39-36(43)24-30(42)25-37(39)44/h14,24-28,31-35H,7-13,15-23H2,1-6H3/t27-,28?,31+,32?,33-,34?,35?,40+,41-/m1/s1. The van der Waals surface area contributed by atoms with Crippen molar-refractivity contribution in [2.45, 2.75) is 150 Å². The highest BCUT2D eigenvalue weighted by Gasteiger charge is 2.59. The zero-order valence-electron chi connectivity index (χ0n) is 30.4. The summed E-state index contributed by atoms with van der Waals surface area (Å²) in [5.41, 5.74) is 2.48. The first kappa shape index (κ1) is 39.6. The Kier molecular flexibility index (Phi) is 14.4.